The molecule has 0 radical (unpaired) electrons. The zero-order chi connectivity index (χ0) is 10.9. The van der Waals surface area contributed by atoms with Crippen molar-refractivity contribution in [3.05, 3.63) is 0 Å². The van der Waals surface area contributed by atoms with Crippen molar-refractivity contribution in [2.24, 2.45) is 5.92 Å². The molecule has 2 fully saturated rings. The molecule has 1 heterocycles. The third-order valence-electron chi connectivity index (χ3n) is 3.60. The molecule has 86 valence electrons. The first-order valence-corrected chi connectivity index (χ1v) is 6.06. The summed E-state index contributed by atoms with van der Waals surface area (Å²) in [6, 6.07) is 0.335. The van der Waals surface area contributed by atoms with E-state index in [0.717, 1.165) is 6.42 Å². The van der Waals surface area contributed by atoms with Gasteiger partial charge < -0.3 is 10.1 Å². The number of hydrogen-bond acceptors (Lipinski definition) is 2. The van der Waals surface area contributed by atoms with Crippen LogP contribution >= 0.6 is 0 Å². The van der Waals surface area contributed by atoms with Crippen molar-refractivity contribution in [3.8, 4) is 0 Å². The van der Waals surface area contributed by atoms with Crippen LogP contribution in [0, 0.1) is 5.92 Å². The molecule has 1 amide bonds. The Morgan fingerprint density at radius 3 is 2.53 bits per heavy atom. The molecule has 1 saturated heterocycles. The predicted molar refractivity (Wildman–Crippen MR) is 58.7 cm³/mol. The SMILES string of the molecule is CC1(C)CC(C2CCCCC2)NC(=O)O1. The Labute approximate surface area is 91.6 Å². The Morgan fingerprint density at radius 2 is 1.93 bits per heavy atom. The lowest BCUT2D eigenvalue weighted by molar-refractivity contribution is -0.0114. The van der Waals surface area contributed by atoms with Crippen LogP contribution in [-0.4, -0.2) is 17.7 Å². The van der Waals surface area contributed by atoms with Gasteiger partial charge in [0.05, 0.1) is 0 Å². The van der Waals surface area contributed by atoms with E-state index in [1.54, 1.807) is 0 Å². The molecule has 0 aromatic rings. The summed E-state index contributed by atoms with van der Waals surface area (Å²) in [6.07, 6.45) is 7.24. The minimum Gasteiger partial charge on any atom is -0.443 e. The van der Waals surface area contributed by atoms with Crippen molar-refractivity contribution in [2.75, 3.05) is 0 Å². The minimum absolute atomic E-state index is 0.234. The second-order valence-corrected chi connectivity index (χ2v) is 5.50. The molecule has 0 aromatic carbocycles. The molecule has 1 aliphatic heterocycles. The minimum atomic E-state index is -0.287. The Bertz CT molecular complexity index is 244. The lowest BCUT2D eigenvalue weighted by atomic mass is 9.79. The molecule has 1 aliphatic carbocycles. The number of carbonyl (C=O) groups is 1. The van der Waals surface area contributed by atoms with E-state index >= 15 is 0 Å². The molecule has 1 unspecified atom stereocenters. The van der Waals surface area contributed by atoms with Crippen LogP contribution in [0.15, 0.2) is 0 Å². The highest BCUT2D eigenvalue weighted by Gasteiger charge is 2.37. The summed E-state index contributed by atoms with van der Waals surface area (Å²) in [6.45, 7) is 4.00. The molecular formula is C12H21NO2. The number of carbonyl (C=O) groups excluding carboxylic acids is 1. The molecule has 0 bridgehead atoms. The van der Waals surface area contributed by atoms with E-state index in [-0.39, 0.29) is 11.7 Å². The maximum atomic E-state index is 11.4. The van der Waals surface area contributed by atoms with Gasteiger partial charge in [-0.15, -0.1) is 0 Å². The maximum Gasteiger partial charge on any atom is 0.407 e. The van der Waals surface area contributed by atoms with E-state index < -0.39 is 0 Å². The summed E-state index contributed by atoms with van der Waals surface area (Å²) >= 11 is 0. The van der Waals surface area contributed by atoms with Gasteiger partial charge in [0.25, 0.3) is 0 Å². The van der Waals surface area contributed by atoms with Gasteiger partial charge in [0.2, 0.25) is 0 Å². The van der Waals surface area contributed by atoms with Crippen molar-refractivity contribution in [1.82, 2.24) is 5.32 Å². The van der Waals surface area contributed by atoms with E-state index in [9.17, 15) is 4.79 Å². The first-order chi connectivity index (χ1) is 7.07. The molecule has 2 aliphatic rings. The molecular weight excluding hydrogens is 190 g/mol. The second kappa shape index (κ2) is 4.03. The monoisotopic (exact) mass is 211 g/mol. The smallest absolute Gasteiger partial charge is 0.407 e. The van der Waals surface area contributed by atoms with Crippen LogP contribution < -0.4 is 5.32 Å². The summed E-state index contributed by atoms with van der Waals surface area (Å²) in [5.41, 5.74) is -0.287. The lowest BCUT2D eigenvalue weighted by Crippen LogP contribution is -2.53. The largest absolute Gasteiger partial charge is 0.443 e. The number of hydrogen-bond donors (Lipinski definition) is 1. The quantitative estimate of drug-likeness (QED) is 0.724. The zero-order valence-corrected chi connectivity index (χ0v) is 9.71. The molecule has 3 nitrogen and oxygen atoms in total. The van der Waals surface area contributed by atoms with Crippen LogP contribution in [0.1, 0.15) is 52.4 Å². The van der Waals surface area contributed by atoms with Crippen LogP contribution in [-0.2, 0) is 4.74 Å². The topological polar surface area (TPSA) is 38.3 Å². The van der Waals surface area contributed by atoms with Gasteiger partial charge >= 0.3 is 6.09 Å². The number of ether oxygens (including phenoxy) is 1. The summed E-state index contributed by atoms with van der Waals surface area (Å²) < 4.78 is 5.24. The van der Waals surface area contributed by atoms with Crippen LogP contribution in [0.3, 0.4) is 0 Å². The van der Waals surface area contributed by atoms with Crippen molar-refractivity contribution in [2.45, 2.75) is 64.0 Å². The van der Waals surface area contributed by atoms with Gasteiger partial charge in [0.1, 0.15) is 5.60 Å². The van der Waals surface area contributed by atoms with Gasteiger partial charge in [-0.2, -0.15) is 0 Å². The molecule has 1 saturated carbocycles. The predicted octanol–water partition coefficient (Wildman–Crippen LogP) is 2.84. The van der Waals surface area contributed by atoms with E-state index in [2.05, 4.69) is 5.32 Å². The fourth-order valence-electron chi connectivity index (χ4n) is 2.88. The summed E-state index contributed by atoms with van der Waals surface area (Å²) in [5.74, 6) is 0.672. The Morgan fingerprint density at radius 1 is 1.27 bits per heavy atom. The molecule has 0 spiro atoms. The van der Waals surface area contributed by atoms with Crippen LogP contribution in [0.2, 0.25) is 0 Å². The standard InChI is InChI=1S/C12H21NO2/c1-12(2)8-10(13-11(14)15-12)9-6-4-3-5-7-9/h9-10H,3-8H2,1-2H3,(H,13,14). The third kappa shape index (κ3) is 2.64. The van der Waals surface area contributed by atoms with Crippen LogP contribution in [0.5, 0.6) is 0 Å². The summed E-state index contributed by atoms with van der Waals surface area (Å²) in [7, 11) is 0. The number of cyclic esters (lactones) is 1. The zero-order valence-electron chi connectivity index (χ0n) is 9.71. The Hall–Kier alpha value is -0.730. The lowest BCUT2D eigenvalue weighted by Gasteiger charge is -2.40. The molecule has 3 heteroatoms. The van der Waals surface area contributed by atoms with E-state index in [1.165, 1.54) is 32.1 Å². The van der Waals surface area contributed by atoms with Crippen molar-refractivity contribution in [1.29, 1.82) is 0 Å². The molecule has 15 heavy (non-hydrogen) atoms. The fraction of sp³-hybridized carbons (Fsp3) is 0.917. The first kappa shape index (κ1) is 10.8. The Balaban J connectivity index is 1.98. The fourth-order valence-corrected chi connectivity index (χ4v) is 2.88. The van der Waals surface area contributed by atoms with Crippen molar-refractivity contribution in [3.63, 3.8) is 0 Å². The number of alkyl carbamates (subject to hydrolysis) is 1. The van der Waals surface area contributed by atoms with E-state index in [1.807, 2.05) is 13.8 Å². The highest BCUT2D eigenvalue weighted by Crippen LogP contribution is 2.33. The van der Waals surface area contributed by atoms with Gasteiger partial charge in [0.15, 0.2) is 0 Å². The van der Waals surface area contributed by atoms with Crippen molar-refractivity contribution < 1.29 is 9.53 Å². The molecule has 1 N–H and O–H groups in total. The van der Waals surface area contributed by atoms with Gasteiger partial charge in [-0.3, -0.25) is 0 Å². The number of rotatable bonds is 1. The van der Waals surface area contributed by atoms with Gasteiger partial charge in [-0.1, -0.05) is 19.3 Å². The third-order valence-corrected chi connectivity index (χ3v) is 3.60. The maximum absolute atomic E-state index is 11.4. The molecule has 1 atom stereocenters. The molecule has 2 rings (SSSR count). The average Bonchev–Trinajstić information content (AvgIpc) is 2.16. The van der Waals surface area contributed by atoms with Gasteiger partial charge in [0, 0.05) is 12.5 Å². The molecule has 0 aromatic heterocycles. The second-order valence-electron chi connectivity index (χ2n) is 5.50. The number of nitrogens with one attached hydrogen (secondary N) is 1. The summed E-state index contributed by atoms with van der Waals surface area (Å²) in [5, 5.41) is 2.98. The number of amides is 1. The van der Waals surface area contributed by atoms with Crippen LogP contribution in [0.4, 0.5) is 4.79 Å². The van der Waals surface area contributed by atoms with Crippen molar-refractivity contribution >= 4 is 6.09 Å². The van der Waals surface area contributed by atoms with E-state index in [4.69, 9.17) is 4.74 Å². The van der Waals surface area contributed by atoms with E-state index in [0.29, 0.717) is 12.0 Å². The average molecular weight is 211 g/mol. The van der Waals surface area contributed by atoms with Crippen LogP contribution in [0.25, 0.3) is 0 Å². The normalized spacial score (nSPS) is 31.9. The Kier molecular flexibility index (Phi) is 2.89. The van der Waals surface area contributed by atoms with Gasteiger partial charge in [-0.25, -0.2) is 4.79 Å². The highest BCUT2D eigenvalue weighted by molar-refractivity contribution is 5.69. The first-order valence-electron chi connectivity index (χ1n) is 6.06. The highest BCUT2D eigenvalue weighted by atomic mass is 16.6. The van der Waals surface area contributed by atoms with Gasteiger partial charge in [-0.05, 0) is 32.6 Å². The summed E-state index contributed by atoms with van der Waals surface area (Å²) in [4.78, 5) is 11.4.